The van der Waals surface area contributed by atoms with Gasteiger partial charge in [-0.15, -0.1) is 0 Å². The van der Waals surface area contributed by atoms with Gasteiger partial charge in [0.15, 0.2) is 6.10 Å². The van der Waals surface area contributed by atoms with Gasteiger partial charge in [-0.1, -0.05) is 105 Å². The van der Waals surface area contributed by atoms with E-state index in [4.69, 9.17) is 18.5 Å². The predicted octanol–water partition coefficient (Wildman–Crippen LogP) is 9.04. The number of ether oxygens (including phenoxy) is 2. The summed E-state index contributed by atoms with van der Waals surface area (Å²) in [5, 5.41) is 0. The number of rotatable bonds is 31. The maximum absolute atomic E-state index is 12.5. The molecular formula is C40H66NO8P. The molecule has 2 atom stereocenters. The first kappa shape index (κ1) is 47.2. The number of hydrogen-bond donors (Lipinski definition) is 0. The van der Waals surface area contributed by atoms with Gasteiger partial charge in [-0.05, 0) is 70.6 Å². The third-order valence-corrected chi connectivity index (χ3v) is 7.89. The zero-order chi connectivity index (χ0) is 37.2. The summed E-state index contributed by atoms with van der Waals surface area (Å²) in [7, 11) is 1.09. The van der Waals surface area contributed by atoms with Crippen LogP contribution in [0.2, 0.25) is 0 Å². The third kappa shape index (κ3) is 35.0. The Morgan fingerprint density at radius 3 is 1.64 bits per heavy atom. The second-order valence-corrected chi connectivity index (χ2v) is 14.2. The number of phosphoric acid groups is 1. The van der Waals surface area contributed by atoms with E-state index in [1.165, 1.54) is 0 Å². The molecule has 0 rings (SSSR count). The first-order valence-corrected chi connectivity index (χ1v) is 19.8. The molecule has 0 radical (unpaired) electrons. The molecule has 0 aliphatic carbocycles. The topological polar surface area (TPSA) is 111 Å². The lowest BCUT2D eigenvalue weighted by Crippen LogP contribution is -2.37. The molecule has 284 valence electrons. The summed E-state index contributed by atoms with van der Waals surface area (Å²) in [5.74, 6) is -0.978. The molecule has 0 aromatic rings. The SMILES string of the molecule is CC/C=C\C/C=C\C/C=C\C/C=C\CCC(=O)OC(COC(=O)CCCCC/C=C\C/C=C\C/C=C\CC)COP(=O)([O-])OCC[N+](C)(C)C. The minimum atomic E-state index is -4.65. The predicted molar refractivity (Wildman–Crippen MR) is 203 cm³/mol. The maximum Gasteiger partial charge on any atom is 0.306 e. The fourth-order valence-electron chi connectivity index (χ4n) is 4.09. The molecule has 50 heavy (non-hydrogen) atoms. The molecular weight excluding hydrogens is 653 g/mol. The van der Waals surface area contributed by atoms with Crippen LogP contribution < -0.4 is 4.89 Å². The Morgan fingerprint density at radius 1 is 0.620 bits per heavy atom. The largest absolute Gasteiger partial charge is 0.756 e. The number of phosphoric ester groups is 1. The van der Waals surface area contributed by atoms with Crippen LogP contribution in [0.25, 0.3) is 0 Å². The van der Waals surface area contributed by atoms with E-state index >= 15 is 0 Å². The molecule has 0 aromatic carbocycles. The number of carbonyl (C=O) groups is 2. The minimum absolute atomic E-state index is 0.0532. The Labute approximate surface area is 303 Å². The highest BCUT2D eigenvalue weighted by molar-refractivity contribution is 7.45. The first-order valence-electron chi connectivity index (χ1n) is 18.3. The molecule has 0 fully saturated rings. The van der Waals surface area contributed by atoms with Crippen LogP contribution in [0.1, 0.15) is 104 Å². The van der Waals surface area contributed by atoms with E-state index in [1.54, 1.807) is 0 Å². The van der Waals surface area contributed by atoms with Crippen molar-refractivity contribution in [2.45, 2.75) is 110 Å². The number of esters is 2. The fourth-order valence-corrected chi connectivity index (χ4v) is 4.82. The van der Waals surface area contributed by atoms with Crippen molar-refractivity contribution < 1.29 is 42.1 Å². The fraction of sp³-hybridized carbons (Fsp3) is 0.600. The first-order chi connectivity index (χ1) is 24.0. The van der Waals surface area contributed by atoms with Gasteiger partial charge in [-0.2, -0.15) is 0 Å². The Kier molecular flexibility index (Phi) is 30.3. The van der Waals surface area contributed by atoms with Crippen LogP contribution in [0.3, 0.4) is 0 Å². The van der Waals surface area contributed by atoms with Gasteiger partial charge in [0.2, 0.25) is 0 Å². The molecule has 0 amide bonds. The van der Waals surface area contributed by atoms with Gasteiger partial charge in [-0.25, -0.2) is 0 Å². The zero-order valence-corrected chi connectivity index (χ0v) is 32.4. The lowest BCUT2D eigenvalue weighted by molar-refractivity contribution is -0.870. The van der Waals surface area contributed by atoms with Crippen molar-refractivity contribution in [2.24, 2.45) is 0 Å². The maximum atomic E-state index is 12.5. The zero-order valence-electron chi connectivity index (χ0n) is 31.5. The van der Waals surface area contributed by atoms with Crippen molar-refractivity contribution in [3.63, 3.8) is 0 Å². The van der Waals surface area contributed by atoms with Gasteiger partial charge in [0.05, 0.1) is 27.7 Å². The van der Waals surface area contributed by atoms with Crippen LogP contribution in [0, 0.1) is 0 Å². The van der Waals surface area contributed by atoms with E-state index in [-0.39, 0.29) is 26.1 Å². The smallest absolute Gasteiger partial charge is 0.306 e. The molecule has 0 saturated carbocycles. The molecule has 9 nitrogen and oxygen atoms in total. The number of allylic oxidation sites excluding steroid dienone is 14. The highest BCUT2D eigenvalue weighted by Gasteiger charge is 2.21. The van der Waals surface area contributed by atoms with Crippen LogP contribution in [-0.4, -0.2) is 70.0 Å². The van der Waals surface area contributed by atoms with E-state index in [2.05, 4.69) is 86.8 Å². The van der Waals surface area contributed by atoms with Crippen molar-refractivity contribution in [3.05, 3.63) is 85.1 Å². The van der Waals surface area contributed by atoms with Crippen LogP contribution >= 0.6 is 7.82 Å². The normalized spacial score (nSPS) is 14.8. The minimum Gasteiger partial charge on any atom is -0.756 e. The Bertz CT molecular complexity index is 1130. The average Bonchev–Trinajstić information content (AvgIpc) is 3.06. The van der Waals surface area contributed by atoms with Gasteiger partial charge >= 0.3 is 11.9 Å². The monoisotopic (exact) mass is 719 g/mol. The van der Waals surface area contributed by atoms with Gasteiger partial charge in [-0.3, -0.25) is 14.2 Å². The molecule has 0 aromatic heterocycles. The van der Waals surface area contributed by atoms with Crippen LogP contribution in [0.4, 0.5) is 0 Å². The number of quaternary nitrogens is 1. The summed E-state index contributed by atoms with van der Waals surface area (Å²) < 4.78 is 33.6. The number of unbranched alkanes of at least 4 members (excludes halogenated alkanes) is 3. The van der Waals surface area contributed by atoms with Crippen molar-refractivity contribution in [1.82, 2.24) is 0 Å². The molecule has 0 spiro atoms. The number of nitrogens with zero attached hydrogens (tertiary/aromatic N) is 1. The summed E-state index contributed by atoms with van der Waals surface area (Å²) in [5.41, 5.74) is 0. The van der Waals surface area contributed by atoms with Crippen molar-refractivity contribution in [1.29, 1.82) is 0 Å². The number of likely N-dealkylation sites (N-methyl/N-ethyl adjacent to an activating group) is 1. The van der Waals surface area contributed by atoms with Crippen LogP contribution in [0.15, 0.2) is 85.1 Å². The third-order valence-electron chi connectivity index (χ3n) is 6.92. The molecule has 0 saturated heterocycles. The Balaban J connectivity index is 4.65. The average molecular weight is 720 g/mol. The summed E-state index contributed by atoms with van der Waals surface area (Å²) in [6, 6.07) is 0. The molecule has 0 heterocycles. The molecule has 0 bridgehead atoms. The van der Waals surface area contributed by atoms with Crippen LogP contribution in [-0.2, 0) is 32.7 Å². The highest BCUT2D eigenvalue weighted by atomic mass is 31.2. The summed E-state index contributed by atoms with van der Waals surface area (Å²) in [6.07, 6.45) is 39.3. The van der Waals surface area contributed by atoms with Gasteiger partial charge in [0.1, 0.15) is 19.8 Å². The van der Waals surface area contributed by atoms with E-state index < -0.39 is 32.5 Å². The van der Waals surface area contributed by atoms with Gasteiger partial charge in [0, 0.05) is 12.8 Å². The Morgan fingerprint density at radius 2 is 1.12 bits per heavy atom. The lowest BCUT2D eigenvalue weighted by atomic mass is 10.1. The molecule has 2 unspecified atom stereocenters. The van der Waals surface area contributed by atoms with Crippen LogP contribution in [0.5, 0.6) is 0 Å². The molecule has 0 aliphatic rings. The van der Waals surface area contributed by atoms with Gasteiger partial charge < -0.3 is 27.9 Å². The number of carbonyl (C=O) groups excluding carboxylic acids is 2. The highest BCUT2D eigenvalue weighted by Crippen LogP contribution is 2.38. The summed E-state index contributed by atoms with van der Waals surface area (Å²) in [4.78, 5) is 37.2. The van der Waals surface area contributed by atoms with E-state index in [0.717, 1.165) is 64.2 Å². The van der Waals surface area contributed by atoms with E-state index in [1.807, 2.05) is 33.3 Å². The van der Waals surface area contributed by atoms with Crippen molar-refractivity contribution >= 4 is 19.8 Å². The van der Waals surface area contributed by atoms with Crippen molar-refractivity contribution in [3.8, 4) is 0 Å². The van der Waals surface area contributed by atoms with E-state index in [9.17, 15) is 19.0 Å². The molecule has 10 heteroatoms. The lowest BCUT2D eigenvalue weighted by Gasteiger charge is -2.28. The quantitative estimate of drug-likeness (QED) is 0.0230. The van der Waals surface area contributed by atoms with Gasteiger partial charge in [0.25, 0.3) is 7.82 Å². The summed E-state index contributed by atoms with van der Waals surface area (Å²) in [6.45, 7) is 3.82. The second-order valence-electron chi connectivity index (χ2n) is 12.8. The Hall–Kier alpha value is -2.81. The van der Waals surface area contributed by atoms with E-state index in [0.29, 0.717) is 23.9 Å². The molecule has 0 N–H and O–H groups in total. The summed E-state index contributed by atoms with van der Waals surface area (Å²) >= 11 is 0. The number of hydrogen-bond acceptors (Lipinski definition) is 8. The standard InChI is InChI=1S/C40H66NO8P/c1-6-8-10-12-14-16-18-20-22-24-26-28-30-32-39(42)46-36-38(37-48-50(44,45)47-35-34-41(3,4)5)49-40(43)33-31-29-27-25-23-21-19-17-15-13-11-9-7-2/h8-11,14-17,20-23,27,29,38H,6-7,12-13,18-19,24-26,28,30-37H2,1-5H3/b10-8-,11-9-,16-14-,17-15-,22-20-,23-21-,29-27-. The molecule has 0 aliphatic heterocycles. The van der Waals surface area contributed by atoms with Crippen molar-refractivity contribution in [2.75, 3.05) is 47.5 Å². The second kappa shape index (κ2) is 32.1.